The molecule has 0 spiro atoms. The van der Waals surface area contributed by atoms with Gasteiger partial charge in [0.15, 0.2) is 0 Å². The van der Waals surface area contributed by atoms with Gasteiger partial charge in [-0.05, 0) is 13.8 Å². The fraction of sp³-hybridized carbons (Fsp3) is 0.600. The molecule has 3 rings (SSSR count). The maximum absolute atomic E-state index is 12.6. The molecule has 0 aliphatic carbocycles. The summed E-state index contributed by atoms with van der Waals surface area (Å²) >= 11 is 0. The smallest absolute Gasteiger partial charge is 0.385 e. The summed E-state index contributed by atoms with van der Waals surface area (Å²) in [6.07, 6.45) is 0.858. The van der Waals surface area contributed by atoms with E-state index in [4.69, 9.17) is 4.74 Å². The monoisotopic (exact) mass is 320 g/mol. The largest absolute Gasteiger partial charge is 0.402 e. The molecule has 124 valence electrons. The van der Waals surface area contributed by atoms with Crippen LogP contribution in [-0.2, 0) is 16.1 Å². The number of likely N-dealkylation sites (N-methyl/N-ethyl adjacent to an activating group) is 2. The number of hydrogen-bond acceptors (Lipinski definition) is 4. The average molecular weight is 320 g/mol. The van der Waals surface area contributed by atoms with Crippen molar-refractivity contribution in [1.29, 1.82) is 0 Å². The highest BCUT2D eigenvalue weighted by Crippen LogP contribution is 2.34. The second kappa shape index (κ2) is 5.45. The summed E-state index contributed by atoms with van der Waals surface area (Å²) < 4.78 is 9.14. The van der Waals surface area contributed by atoms with Crippen LogP contribution in [0.15, 0.2) is 4.99 Å². The number of aromatic nitrogens is 2. The topological polar surface area (TPSA) is 71.0 Å². The first-order chi connectivity index (χ1) is 10.9. The summed E-state index contributed by atoms with van der Waals surface area (Å²) in [4.78, 5) is 31.9. The van der Waals surface area contributed by atoms with Crippen LogP contribution in [0.25, 0.3) is 0 Å². The first-order valence-corrected chi connectivity index (χ1v) is 7.64. The molecule has 1 aromatic rings. The molecule has 1 fully saturated rings. The summed E-state index contributed by atoms with van der Waals surface area (Å²) in [6, 6.07) is -0.906. The van der Waals surface area contributed by atoms with Crippen molar-refractivity contribution in [3.05, 3.63) is 11.4 Å². The standard InChI is InChI=1S/C15H22N5O3/c1-9-10(2)20-11-12(17(3)15(22)18(4)13(11)21)16-14(20)19(9)7-6-8-23-5/h11H,6-8H2,1-5H3/q+1. The van der Waals surface area contributed by atoms with Crippen molar-refractivity contribution < 1.29 is 18.9 Å². The van der Waals surface area contributed by atoms with Crippen molar-refractivity contribution in [2.45, 2.75) is 32.9 Å². The molecule has 8 nitrogen and oxygen atoms in total. The molecule has 1 saturated heterocycles. The molecule has 3 amide bonds. The normalized spacial score (nSPS) is 20.0. The Morgan fingerprint density at radius 2 is 1.91 bits per heavy atom. The van der Waals surface area contributed by atoms with Crippen molar-refractivity contribution in [1.82, 2.24) is 14.4 Å². The minimum Gasteiger partial charge on any atom is -0.385 e. The number of ether oxygens (including phenoxy) is 1. The fourth-order valence-electron chi connectivity index (χ4n) is 3.22. The molecule has 2 aliphatic rings. The number of aliphatic imine (C=N–C) groups is 1. The molecule has 3 heterocycles. The maximum Gasteiger partial charge on any atom is 0.402 e. The first kappa shape index (κ1) is 15.7. The molecule has 0 bridgehead atoms. The second-order valence-electron chi connectivity index (χ2n) is 5.95. The Morgan fingerprint density at radius 3 is 2.57 bits per heavy atom. The lowest BCUT2D eigenvalue weighted by Gasteiger charge is -2.30. The highest BCUT2D eigenvalue weighted by Gasteiger charge is 2.53. The predicted molar refractivity (Wildman–Crippen MR) is 82.7 cm³/mol. The van der Waals surface area contributed by atoms with Crippen molar-refractivity contribution in [2.75, 3.05) is 27.8 Å². The third kappa shape index (κ3) is 2.08. The molecule has 23 heavy (non-hydrogen) atoms. The zero-order valence-corrected chi connectivity index (χ0v) is 14.2. The van der Waals surface area contributed by atoms with Crippen LogP contribution in [0.3, 0.4) is 0 Å². The van der Waals surface area contributed by atoms with E-state index in [0.29, 0.717) is 12.4 Å². The second-order valence-corrected chi connectivity index (χ2v) is 5.95. The molecule has 1 unspecified atom stereocenters. The minimum atomic E-state index is -0.555. The van der Waals surface area contributed by atoms with Gasteiger partial charge in [0.1, 0.15) is 11.4 Å². The average Bonchev–Trinajstić information content (AvgIpc) is 3.02. The molecule has 1 aromatic heterocycles. The summed E-state index contributed by atoms with van der Waals surface area (Å²) in [7, 11) is 4.84. The Bertz CT molecular complexity index is 721. The van der Waals surface area contributed by atoms with Crippen LogP contribution in [0.5, 0.6) is 0 Å². The van der Waals surface area contributed by atoms with Crippen molar-refractivity contribution in [2.24, 2.45) is 4.99 Å². The molecular weight excluding hydrogens is 298 g/mol. The van der Waals surface area contributed by atoms with Gasteiger partial charge in [0.25, 0.3) is 5.91 Å². The van der Waals surface area contributed by atoms with Gasteiger partial charge in [-0.15, -0.1) is 0 Å². The SMILES string of the molecule is COCCC[n+]1c(C)c(C)n2c1N=C1C2C(=O)N(C)C(=O)N1C. The summed E-state index contributed by atoms with van der Waals surface area (Å²) in [5.41, 5.74) is 2.07. The van der Waals surface area contributed by atoms with Crippen molar-refractivity contribution in [3.8, 4) is 0 Å². The van der Waals surface area contributed by atoms with Crippen molar-refractivity contribution >= 4 is 23.7 Å². The molecule has 1 atom stereocenters. The number of amidine groups is 1. The molecule has 0 radical (unpaired) electrons. The van der Waals surface area contributed by atoms with Gasteiger partial charge in [-0.25, -0.2) is 13.9 Å². The number of methoxy groups -OCH3 is 1. The van der Waals surface area contributed by atoms with E-state index in [1.807, 2.05) is 18.4 Å². The molecule has 0 saturated carbocycles. The third-order valence-corrected chi connectivity index (χ3v) is 4.68. The number of urea groups is 1. The van der Waals surface area contributed by atoms with E-state index in [-0.39, 0.29) is 11.9 Å². The zero-order chi connectivity index (χ0) is 16.9. The number of carbonyl (C=O) groups excluding carboxylic acids is 2. The van der Waals surface area contributed by atoms with E-state index in [0.717, 1.165) is 35.2 Å². The van der Waals surface area contributed by atoms with Gasteiger partial charge in [0.05, 0.1) is 6.54 Å². The van der Waals surface area contributed by atoms with Crippen LogP contribution in [-0.4, -0.2) is 60.0 Å². The van der Waals surface area contributed by atoms with Gasteiger partial charge < -0.3 is 4.74 Å². The number of rotatable bonds is 4. The third-order valence-electron chi connectivity index (χ3n) is 4.68. The zero-order valence-electron chi connectivity index (χ0n) is 14.2. The molecule has 0 N–H and O–H groups in total. The van der Waals surface area contributed by atoms with E-state index in [9.17, 15) is 9.59 Å². The molecule has 0 aromatic carbocycles. The number of imidazole rings is 1. The van der Waals surface area contributed by atoms with E-state index >= 15 is 0 Å². The van der Waals surface area contributed by atoms with Crippen LogP contribution >= 0.6 is 0 Å². The summed E-state index contributed by atoms with van der Waals surface area (Å²) in [5.74, 6) is 0.976. The van der Waals surface area contributed by atoms with Gasteiger partial charge in [-0.3, -0.25) is 14.6 Å². The number of nitrogens with zero attached hydrogens (tertiary/aromatic N) is 5. The summed E-state index contributed by atoms with van der Waals surface area (Å²) in [6.45, 7) is 5.42. The number of hydrogen-bond donors (Lipinski definition) is 0. The van der Waals surface area contributed by atoms with Crippen LogP contribution in [0.1, 0.15) is 23.9 Å². The highest BCUT2D eigenvalue weighted by atomic mass is 16.5. The Balaban J connectivity index is 2.07. The number of imide groups is 1. The van der Waals surface area contributed by atoms with Crippen molar-refractivity contribution in [3.63, 3.8) is 0 Å². The van der Waals surface area contributed by atoms with Gasteiger partial charge in [-0.1, -0.05) is 4.99 Å². The Hall–Kier alpha value is -2.22. The fourth-order valence-corrected chi connectivity index (χ4v) is 3.22. The Morgan fingerprint density at radius 1 is 1.22 bits per heavy atom. The van der Waals surface area contributed by atoms with Crippen LogP contribution in [0.4, 0.5) is 10.7 Å². The lowest BCUT2D eigenvalue weighted by molar-refractivity contribution is -0.689. The Labute approximate surface area is 134 Å². The van der Waals surface area contributed by atoms with Gasteiger partial charge in [0.2, 0.25) is 11.9 Å². The van der Waals surface area contributed by atoms with E-state index in [1.54, 1.807) is 14.2 Å². The Kier molecular flexibility index (Phi) is 3.71. The summed E-state index contributed by atoms with van der Waals surface area (Å²) in [5, 5.41) is 0. The van der Waals surface area contributed by atoms with Crippen LogP contribution < -0.4 is 4.57 Å². The first-order valence-electron chi connectivity index (χ1n) is 7.64. The van der Waals surface area contributed by atoms with E-state index in [1.165, 1.54) is 11.9 Å². The number of amides is 3. The van der Waals surface area contributed by atoms with E-state index < -0.39 is 6.04 Å². The molecule has 8 heteroatoms. The highest BCUT2D eigenvalue weighted by molar-refractivity contribution is 6.20. The lowest BCUT2D eigenvalue weighted by Crippen LogP contribution is -2.56. The maximum atomic E-state index is 12.6. The lowest BCUT2D eigenvalue weighted by atomic mass is 10.1. The van der Waals surface area contributed by atoms with Gasteiger partial charge in [-0.2, -0.15) is 0 Å². The van der Waals surface area contributed by atoms with Gasteiger partial charge >= 0.3 is 12.0 Å². The minimum absolute atomic E-state index is 0.243. The predicted octanol–water partition coefficient (Wildman–Crippen LogP) is 0.537. The molecular formula is C15H22N5O3+. The van der Waals surface area contributed by atoms with Crippen LogP contribution in [0, 0.1) is 13.8 Å². The molecule has 2 aliphatic heterocycles. The number of fused-ring (bicyclic) bond motifs is 3. The number of carbonyl (C=O) groups is 2. The van der Waals surface area contributed by atoms with Gasteiger partial charge in [0, 0.05) is 34.2 Å². The van der Waals surface area contributed by atoms with E-state index in [2.05, 4.69) is 9.56 Å². The van der Waals surface area contributed by atoms with Crippen LogP contribution in [0.2, 0.25) is 0 Å². The quantitative estimate of drug-likeness (QED) is 0.600.